The molecule has 0 aliphatic carbocycles. The molecule has 0 aliphatic rings. The van der Waals surface area contributed by atoms with E-state index in [2.05, 4.69) is 20.7 Å². The van der Waals surface area contributed by atoms with Gasteiger partial charge in [0.15, 0.2) is 5.65 Å². The van der Waals surface area contributed by atoms with Gasteiger partial charge >= 0.3 is 0 Å². The second-order valence-corrected chi connectivity index (χ2v) is 7.22. The first-order chi connectivity index (χ1) is 14.5. The van der Waals surface area contributed by atoms with Gasteiger partial charge in [-0.05, 0) is 38.1 Å². The third-order valence-electron chi connectivity index (χ3n) is 4.49. The molecule has 2 N–H and O–H groups in total. The maximum atomic E-state index is 12.8. The number of benzene rings is 1. The third-order valence-corrected chi connectivity index (χ3v) is 4.49. The highest BCUT2D eigenvalue weighted by atomic mass is 16.2. The number of carbonyl (C=O) groups is 2. The number of rotatable bonds is 6. The van der Waals surface area contributed by atoms with E-state index in [4.69, 9.17) is 0 Å². The Kier molecular flexibility index (Phi) is 5.30. The Morgan fingerprint density at radius 3 is 2.60 bits per heavy atom. The molecule has 4 aromatic rings. The Bertz CT molecular complexity index is 1190. The fraction of sp³-hybridized carbons (Fsp3) is 0.182. The molecule has 0 aliphatic heterocycles. The summed E-state index contributed by atoms with van der Waals surface area (Å²) < 4.78 is 3.44. The van der Waals surface area contributed by atoms with Gasteiger partial charge in [0, 0.05) is 36.7 Å². The number of para-hydroxylation sites is 1. The van der Waals surface area contributed by atoms with Crippen LogP contribution < -0.4 is 10.6 Å². The number of carbonyl (C=O) groups excluding carboxylic acids is 2. The van der Waals surface area contributed by atoms with Crippen molar-refractivity contribution < 1.29 is 9.59 Å². The predicted octanol–water partition coefficient (Wildman–Crippen LogP) is 2.59. The Balaban J connectivity index is 1.49. The van der Waals surface area contributed by atoms with Gasteiger partial charge in [-0.25, -0.2) is 9.67 Å². The quantitative estimate of drug-likeness (QED) is 0.518. The van der Waals surface area contributed by atoms with Gasteiger partial charge in [-0.3, -0.25) is 9.59 Å². The van der Waals surface area contributed by atoms with E-state index in [1.54, 1.807) is 39.8 Å². The zero-order valence-electron chi connectivity index (χ0n) is 16.7. The van der Waals surface area contributed by atoms with Crippen LogP contribution in [0.5, 0.6) is 0 Å². The van der Waals surface area contributed by atoms with Crippen LogP contribution in [0.4, 0.5) is 0 Å². The first-order valence-corrected chi connectivity index (χ1v) is 9.67. The molecular formula is C22H22N6O2. The number of pyridine rings is 1. The van der Waals surface area contributed by atoms with E-state index >= 15 is 0 Å². The number of nitrogens with one attached hydrogen (secondary N) is 2. The third kappa shape index (κ3) is 4.07. The van der Waals surface area contributed by atoms with Crippen molar-refractivity contribution >= 4 is 17.5 Å². The van der Waals surface area contributed by atoms with E-state index in [1.807, 2.05) is 50.4 Å². The van der Waals surface area contributed by atoms with Crippen LogP contribution in [0.25, 0.3) is 11.3 Å². The van der Waals surface area contributed by atoms with Gasteiger partial charge in [0.25, 0.3) is 11.8 Å². The highest BCUT2D eigenvalue weighted by Crippen LogP contribution is 2.13. The van der Waals surface area contributed by atoms with Gasteiger partial charge in [-0.15, -0.1) is 0 Å². The largest absolute Gasteiger partial charge is 0.348 e. The molecule has 152 valence electrons. The van der Waals surface area contributed by atoms with Crippen LogP contribution in [0.15, 0.2) is 67.3 Å². The molecule has 0 saturated carbocycles. The van der Waals surface area contributed by atoms with Gasteiger partial charge in [-0.2, -0.15) is 5.10 Å². The van der Waals surface area contributed by atoms with Crippen molar-refractivity contribution in [2.75, 3.05) is 0 Å². The summed E-state index contributed by atoms with van der Waals surface area (Å²) in [5.74, 6) is -0.539. The highest BCUT2D eigenvalue weighted by Gasteiger charge is 2.17. The van der Waals surface area contributed by atoms with Gasteiger partial charge in [0.1, 0.15) is 5.69 Å². The molecule has 0 fully saturated rings. The van der Waals surface area contributed by atoms with E-state index in [0.717, 1.165) is 11.3 Å². The van der Waals surface area contributed by atoms with Gasteiger partial charge < -0.3 is 15.0 Å². The van der Waals surface area contributed by atoms with Crippen molar-refractivity contribution in [3.63, 3.8) is 0 Å². The molecule has 4 rings (SSSR count). The van der Waals surface area contributed by atoms with Crippen LogP contribution in [-0.4, -0.2) is 37.0 Å². The van der Waals surface area contributed by atoms with Crippen LogP contribution in [0.1, 0.15) is 40.3 Å². The normalized spacial score (nSPS) is 11.0. The summed E-state index contributed by atoms with van der Waals surface area (Å²) in [6.45, 7) is 4.09. The minimum Gasteiger partial charge on any atom is -0.348 e. The van der Waals surface area contributed by atoms with Gasteiger partial charge in [0.2, 0.25) is 0 Å². The molecule has 2 amide bonds. The van der Waals surface area contributed by atoms with Crippen molar-refractivity contribution in [2.45, 2.75) is 26.4 Å². The molecule has 1 aromatic carbocycles. The summed E-state index contributed by atoms with van der Waals surface area (Å²) in [6.07, 6.45) is 6.97. The minimum atomic E-state index is -0.270. The Labute approximate surface area is 173 Å². The van der Waals surface area contributed by atoms with Gasteiger partial charge in [0.05, 0.1) is 17.4 Å². The second kappa shape index (κ2) is 8.20. The van der Waals surface area contributed by atoms with Crippen LogP contribution >= 0.6 is 0 Å². The average Bonchev–Trinajstić information content (AvgIpc) is 3.39. The molecule has 8 heteroatoms. The number of aromatic nitrogens is 4. The van der Waals surface area contributed by atoms with Crippen molar-refractivity contribution in [1.82, 2.24) is 29.8 Å². The number of imidazole rings is 1. The molecule has 0 bridgehead atoms. The van der Waals surface area contributed by atoms with Crippen LogP contribution in [0, 0.1) is 0 Å². The number of hydrogen-bond donors (Lipinski definition) is 2. The summed E-state index contributed by atoms with van der Waals surface area (Å²) in [7, 11) is 0. The number of fused-ring (bicyclic) bond motifs is 1. The molecule has 30 heavy (non-hydrogen) atoms. The molecule has 8 nitrogen and oxygen atoms in total. The molecule has 0 spiro atoms. The zero-order valence-corrected chi connectivity index (χ0v) is 16.7. The minimum absolute atomic E-state index is 0.00174. The summed E-state index contributed by atoms with van der Waals surface area (Å²) in [4.78, 5) is 29.4. The summed E-state index contributed by atoms with van der Waals surface area (Å²) >= 11 is 0. The first kappa shape index (κ1) is 19.4. The van der Waals surface area contributed by atoms with Crippen molar-refractivity contribution in [3.05, 3.63) is 84.1 Å². The molecule has 0 atom stereocenters. The van der Waals surface area contributed by atoms with Crippen LogP contribution in [0.3, 0.4) is 0 Å². The van der Waals surface area contributed by atoms with E-state index < -0.39 is 0 Å². The summed E-state index contributed by atoms with van der Waals surface area (Å²) in [5.41, 5.74) is 2.93. The lowest BCUT2D eigenvalue weighted by molar-refractivity contribution is 0.0933. The van der Waals surface area contributed by atoms with Crippen LogP contribution in [0.2, 0.25) is 0 Å². The highest BCUT2D eigenvalue weighted by molar-refractivity contribution is 6.01. The molecule has 3 heterocycles. The van der Waals surface area contributed by atoms with E-state index in [0.29, 0.717) is 17.8 Å². The zero-order chi connectivity index (χ0) is 21.1. The molecule has 3 aromatic heterocycles. The van der Waals surface area contributed by atoms with Crippen LogP contribution in [-0.2, 0) is 6.54 Å². The van der Waals surface area contributed by atoms with Crippen molar-refractivity contribution in [2.24, 2.45) is 0 Å². The SMILES string of the molecule is CC(C)NC(=O)c1cn2cccc(C(=O)NCc3cnn(-c4ccccc4)c3)c2n1. The second-order valence-electron chi connectivity index (χ2n) is 7.22. The smallest absolute Gasteiger partial charge is 0.271 e. The van der Waals surface area contributed by atoms with Gasteiger partial charge in [-0.1, -0.05) is 18.2 Å². The summed E-state index contributed by atoms with van der Waals surface area (Å²) in [6, 6.07) is 13.2. The lowest BCUT2D eigenvalue weighted by atomic mass is 10.2. The molecular weight excluding hydrogens is 380 g/mol. The number of amides is 2. The lowest BCUT2D eigenvalue weighted by Gasteiger charge is -2.05. The van der Waals surface area contributed by atoms with E-state index in [1.165, 1.54) is 0 Å². The monoisotopic (exact) mass is 402 g/mol. The fourth-order valence-corrected chi connectivity index (χ4v) is 3.09. The van der Waals surface area contributed by atoms with Crippen molar-refractivity contribution in [1.29, 1.82) is 0 Å². The lowest BCUT2D eigenvalue weighted by Crippen LogP contribution is -2.30. The first-order valence-electron chi connectivity index (χ1n) is 9.67. The standard InChI is InChI=1S/C22H22N6O2/c1-15(2)25-22(30)19-14-27-10-6-9-18(20(27)26-19)21(29)23-11-16-12-24-28(13-16)17-7-4-3-5-8-17/h3-10,12-15H,11H2,1-2H3,(H,23,29)(H,25,30). The molecule has 0 unspecified atom stereocenters. The predicted molar refractivity (Wildman–Crippen MR) is 113 cm³/mol. The Hall–Kier alpha value is -3.94. The topological polar surface area (TPSA) is 93.3 Å². The molecule has 0 radical (unpaired) electrons. The number of nitrogens with zero attached hydrogens (tertiary/aromatic N) is 4. The average molecular weight is 402 g/mol. The summed E-state index contributed by atoms with van der Waals surface area (Å²) in [5, 5.41) is 10.0. The fourth-order valence-electron chi connectivity index (χ4n) is 3.09. The van der Waals surface area contributed by atoms with E-state index in [9.17, 15) is 9.59 Å². The Morgan fingerprint density at radius 2 is 1.83 bits per heavy atom. The number of hydrogen-bond acceptors (Lipinski definition) is 4. The maximum Gasteiger partial charge on any atom is 0.271 e. The Morgan fingerprint density at radius 1 is 1.03 bits per heavy atom. The maximum absolute atomic E-state index is 12.8. The van der Waals surface area contributed by atoms with Crippen molar-refractivity contribution in [3.8, 4) is 5.69 Å². The molecule has 0 saturated heterocycles. The van der Waals surface area contributed by atoms with E-state index in [-0.39, 0.29) is 23.6 Å².